The van der Waals surface area contributed by atoms with Crippen LogP contribution >= 0.6 is 11.6 Å². The molecule has 0 atom stereocenters. The highest BCUT2D eigenvalue weighted by Gasteiger charge is 2.26. The molecule has 3 rings (SSSR count). The largest absolute Gasteiger partial charge is 0.495 e. The van der Waals surface area contributed by atoms with Crippen LogP contribution in [0.4, 0.5) is 5.69 Å². The van der Waals surface area contributed by atoms with Crippen molar-refractivity contribution in [3.8, 4) is 5.75 Å². The van der Waals surface area contributed by atoms with E-state index in [1.807, 2.05) is 6.92 Å². The summed E-state index contributed by atoms with van der Waals surface area (Å²) in [5.41, 5.74) is 0.705. The maximum Gasteiger partial charge on any atom is 0.270 e. The van der Waals surface area contributed by atoms with E-state index < -0.39 is 10.0 Å². The Morgan fingerprint density at radius 3 is 2.69 bits per heavy atom. The van der Waals surface area contributed by atoms with E-state index in [0.717, 1.165) is 6.42 Å². The molecule has 1 aromatic heterocycles. The predicted molar refractivity (Wildman–Crippen MR) is 99.4 cm³/mol. The summed E-state index contributed by atoms with van der Waals surface area (Å²) in [6.45, 7) is 3.76. The van der Waals surface area contributed by atoms with E-state index in [-0.39, 0.29) is 10.8 Å². The number of nitrogens with one attached hydrogen (secondary N) is 1. The standard InChI is InChI=1S/C17H20ClN3O4S/c1-3-20-7-4-8-21-11-13(10-15(21)17(20)22)26(23,24)19-12-5-6-16(25-2)14(18)9-12/h5-6,9-11,19H,3-4,7-8H2,1-2H3. The summed E-state index contributed by atoms with van der Waals surface area (Å²) in [6, 6.07) is 6.04. The van der Waals surface area contributed by atoms with Crippen LogP contribution in [-0.4, -0.2) is 44.0 Å². The molecule has 0 bridgehead atoms. The number of ether oxygens (including phenoxy) is 1. The zero-order chi connectivity index (χ0) is 18.9. The molecule has 0 saturated heterocycles. The van der Waals surface area contributed by atoms with E-state index in [4.69, 9.17) is 16.3 Å². The third-order valence-electron chi connectivity index (χ3n) is 4.30. The fourth-order valence-corrected chi connectivity index (χ4v) is 4.28. The molecule has 0 saturated carbocycles. The van der Waals surface area contributed by atoms with Crippen LogP contribution in [0.1, 0.15) is 23.8 Å². The average molecular weight is 398 g/mol. The van der Waals surface area contributed by atoms with Crippen LogP contribution in [0.3, 0.4) is 0 Å². The Kier molecular flexibility index (Phi) is 5.15. The Morgan fingerprint density at radius 2 is 2.04 bits per heavy atom. The molecule has 7 nitrogen and oxygen atoms in total. The van der Waals surface area contributed by atoms with Crippen LogP contribution in [0.25, 0.3) is 0 Å². The normalized spacial score (nSPS) is 14.7. The van der Waals surface area contributed by atoms with Gasteiger partial charge in [-0.1, -0.05) is 11.6 Å². The zero-order valence-electron chi connectivity index (χ0n) is 14.5. The zero-order valence-corrected chi connectivity index (χ0v) is 16.1. The number of aromatic nitrogens is 1. The van der Waals surface area contributed by atoms with Gasteiger partial charge in [0.05, 0.1) is 17.8 Å². The van der Waals surface area contributed by atoms with Crippen molar-refractivity contribution in [3.05, 3.63) is 41.2 Å². The number of amides is 1. The lowest BCUT2D eigenvalue weighted by molar-refractivity contribution is 0.0766. The van der Waals surface area contributed by atoms with Gasteiger partial charge in [0.25, 0.3) is 15.9 Å². The number of carbonyl (C=O) groups is 1. The Balaban J connectivity index is 1.90. The number of fused-ring (bicyclic) bond motifs is 1. The third kappa shape index (κ3) is 3.52. The molecule has 140 valence electrons. The molecule has 1 aliphatic rings. The van der Waals surface area contributed by atoms with Gasteiger partial charge in [-0.3, -0.25) is 9.52 Å². The number of aryl methyl sites for hydroxylation is 1. The third-order valence-corrected chi connectivity index (χ3v) is 5.94. The van der Waals surface area contributed by atoms with Crippen molar-refractivity contribution < 1.29 is 17.9 Å². The number of anilines is 1. The topological polar surface area (TPSA) is 80.6 Å². The maximum absolute atomic E-state index is 12.7. The van der Waals surface area contributed by atoms with Gasteiger partial charge in [-0.2, -0.15) is 0 Å². The number of carbonyl (C=O) groups excluding carboxylic acids is 1. The molecule has 2 heterocycles. The Hall–Kier alpha value is -2.19. The molecule has 2 aromatic rings. The Morgan fingerprint density at radius 1 is 1.27 bits per heavy atom. The van der Waals surface area contributed by atoms with Gasteiger partial charge < -0.3 is 14.2 Å². The summed E-state index contributed by atoms with van der Waals surface area (Å²) >= 11 is 6.04. The number of sulfonamides is 1. The summed E-state index contributed by atoms with van der Waals surface area (Å²) < 4.78 is 34.7. The second-order valence-corrected chi connectivity index (χ2v) is 8.04. The van der Waals surface area contributed by atoms with Crippen molar-refractivity contribution in [2.45, 2.75) is 24.8 Å². The molecule has 0 aliphatic carbocycles. The predicted octanol–water partition coefficient (Wildman–Crippen LogP) is 2.82. The number of halogens is 1. The van der Waals surface area contributed by atoms with Crippen LogP contribution in [0.15, 0.2) is 35.4 Å². The lowest BCUT2D eigenvalue weighted by Gasteiger charge is -2.17. The lowest BCUT2D eigenvalue weighted by atomic mass is 10.3. The Labute approximate surface area is 157 Å². The van der Waals surface area contributed by atoms with Crippen LogP contribution in [0.5, 0.6) is 5.75 Å². The van der Waals surface area contributed by atoms with Crippen molar-refractivity contribution in [1.82, 2.24) is 9.47 Å². The molecule has 1 aliphatic heterocycles. The molecule has 0 fully saturated rings. The van der Waals surface area contributed by atoms with Gasteiger partial charge in [0.1, 0.15) is 16.3 Å². The van der Waals surface area contributed by atoms with Crippen LogP contribution in [0, 0.1) is 0 Å². The van der Waals surface area contributed by atoms with E-state index in [1.54, 1.807) is 21.6 Å². The van der Waals surface area contributed by atoms with Gasteiger partial charge in [0.15, 0.2) is 0 Å². The van der Waals surface area contributed by atoms with Gasteiger partial charge in [0.2, 0.25) is 0 Å². The van der Waals surface area contributed by atoms with Crippen LogP contribution in [0.2, 0.25) is 5.02 Å². The number of benzene rings is 1. The minimum absolute atomic E-state index is 0.0470. The number of nitrogens with zero attached hydrogens (tertiary/aromatic N) is 2. The first-order valence-corrected chi connectivity index (χ1v) is 10.1. The summed E-state index contributed by atoms with van der Waals surface area (Å²) in [6.07, 6.45) is 2.28. The molecule has 26 heavy (non-hydrogen) atoms. The lowest BCUT2D eigenvalue weighted by Crippen LogP contribution is -2.30. The van der Waals surface area contributed by atoms with Gasteiger partial charge in [0, 0.05) is 25.8 Å². The highest BCUT2D eigenvalue weighted by Crippen LogP contribution is 2.29. The highest BCUT2D eigenvalue weighted by atomic mass is 35.5. The van der Waals surface area contributed by atoms with Crippen molar-refractivity contribution >= 4 is 33.2 Å². The number of rotatable bonds is 5. The minimum Gasteiger partial charge on any atom is -0.495 e. The van der Waals surface area contributed by atoms with E-state index in [2.05, 4.69) is 4.72 Å². The van der Waals surface area contributed by atoms with Gasteiger partial charge in [-0.05, 0) is 37.6 Å². The van der Waals surface area contributed by atoms with E-state index in [9.17, 15) is 13.2 Å². The smallest absolute Gasteiger partial charge is 0.270 e. The first-order chi connectivity index (χ1) is 12.4. The monoisotopic (exact) mass is 397 g/mol. The van der Waals surface area contributed by atoms with Crippen molar-refractivity contribution in [2.24, 2.45) is 0 Å². The summed E-state index contributed by atoms with van der Waals surface area (Å²) in [5, 5.41) is 0.300. The van der Waals surface area contributed by atoms with Gasteiger partial charge in [-0.25, -0.2) is 8.42 Å². The molecular formula is C17H20ClN3O4S. The molecular weight excluding hydrogens is 378 g/mol. The SMILES string of the molecule is CCN1CCCn2cc(S(=O)(=O)Nc3ccc(OC)c(Cl)c3)cc2C1=O. The second kappa shape index (κ2) is 7.20. The van der Waals surface area contributed by atoms with E-state index in [0.29, 0.717) is 41.8 Å². The van der Waals surface area contributed by atoms with Crippen LogP contribution in [-0.2, 0) is 16.6 Å². The molecule has 9 heteroatoms. The number of methoxy groups -OCH3 is 1. The highest BCUT2D eigenvalue weighted by molar-refractivity contribution is 7.92. The fourth-order valence-electron chi connectivity index (χ4n) is 2.94. The number of hydrogen-bond acceptors (Lipinski definition) is 4. The molecule has 1 aromatic carbocycles. The maximum atomic E-state index is 12.7. The molecule has 0 unspecified atom stereocenters. The second-order valence-electron chi connectivity index (χ2n) is 5.95. The van der Waals surface area contributed by atoms with E-state index in [1.165, 1.54) is 25.4 Å². The summed E-state index contributed by atoms with van der Waals surface area (Å²) in [5.74, 6) is 0.300. The average Bonchev–Trinajstić information content (AvgIpc) is 2.97. The minimum atomic E-state index is -3.84. The first-order valence-electron chi connectivity index (χ1n) is 8.21. The number of hydrogen-bond donors (Lipinski definition) is 1. The first kappa shape index (κ1) is 18.6. The quantitative estimate of drug-likeness (QED) is 0.841. The molecule has 1 N–H and O–H groups in total. The van der Waals surface area contributed by atoms with Crippen molar-refractivity contribution in [2.75, 3.05) is 24.9 Å². The van der Waals surface area contributed by atoms with Gasteiger partial charge in [-0.15, -0.1) is 0 Å². The molecule has 0 spiro atoms. The van der Waals surface area contributed by atoms with Gasteiger partial charge >= 0.3 is 0 Å². The summed E-state index contributed by atoms with van der Waals surface area (Å²) in [7, 11) is -2.36. The van der Waals surface area contributed by atoms with Crippen LogP contribution < -0.4 is 9.46 Å². The summed E-state index contributed by atoms with van der Waals surface area (Å²) in [4.78, 5) is 14.3. The van der Waals surface area contributed by atoms with Crippen molar-refractivity contribution in [1.29, 1.82) is 0 Å². The van der Waals surface area contributed by atoms with Crippen molar-refractivity contribution in [3.63, 3.8) is 0 Å². The fraction of sp³-hybridized carbons (Fsp3) is 0.353. The molecule has 1 amide bonds. The van der Waals surface area contributed by atoms with E-state index >= 15 is 0 Å². The molecule has 0 radical (unpaired) electrons. The Bertz CT molecular complexity index is 939.